The van der Waals surface area contributed by atoms with Crippen LogP contribution >= 0.6 is 11.6 Å². The first-order valence-corrected chi connectivity index (χ1v) is 14.6. The normalized spacial score (nSPS) is 42.6. The van der Waals surface area contributed by atoms with Crippen LogP contribution in [0.2, 0.25) is 5.02 Å². The Balaban J connectivity index is 1.43. The van der Waals surface area contributed by atoms with Crippen molar-refractivity contribution in [1.82, 2.24) is 0 Å². The molecule has 4 aliphatic carbocycles. The molecule has 1 aromatic carbocycles. The summed E-state index contributed by atoms with van der Waals surface area (Å²) in [5, 5.41) is 13.8. The Morgan fingerprint density at radius 1 is 1.20 bits per heavy atom. The number of anilines is 1. The first kappa shape index (κ1) is 28.5. The van der Waals surface area contributed by atoms with Crippen molar-refractivity contribution in [2.75, 3.05) is 18.2 Å². The molecule has 0 amide bonds. The molecular formula is C31H34ClF2NO6. The molecular weight excluding hydrogens is 556 g/mol. The molecule has 9 atom stereocenters. The largest absolute Gasteiger partial charge is 0.458 e. The number of fused-ring (bicyclic) bond motifs is 7. The standard InChI is InChI=1S/C31H34ClF2NO6/c1-4-27(39)40-16-26(38)31-17(15-35(41-31)19-7-5-18(32)6-8-19)11-21-22-13-24(33)23-12-20(36)9-10-28(23,2)30(22,34)25(37)14-29(21,31)3/h5-10,12,17,21-22,24-25,37H,4,11,13-16H2,1-3H3. The lowest BCUT2D eigenvalue weighted by atomic mass is 9.44. The average Bonchev–Trinajstić information content (AvgIpc) is 3.44. The molecule has 3 saturated carbocycles. The van der Waals surface area contributed by atoms with Crippen molar-refractivity contribution in [3.05, 3.63) is 53.1 Å². The first-order chi connectivity index (χ1) is 19.3. The zero-order valence-electron chi connectivity index (χ0n) is 23.2. The van der Waals surface area contributed by atoms with E-state index in [2.05, 4.69) is 0 Å². The van der Waals surface area contributed by atoms with Crippen molar-refractivity contribution in [1.29, 1.82) is 0 Å². The second-order valence-corrected chi connectivity index (χ2v) is 13.0. The van der Waals surface area contributed by atoms with Gasteiger partial charge in [0.1, 0.15) is 6.17 Å². The predicted octanol–water partition coefficient (Wildman–Crippen LogP) is 4.90. The number of allylic oxidation sites excluding steroid dienone is 4. The first-order valence-electron chi connectivity index (χ1n) is 14.2. The minimum Gasteiger partial charge on any atom is -0.458 e. The smallest absolute Gasteiger partial charge is 0.305 e. The van der Waals surface area contributed by atoms with Gasteiger partial charge in [-0.15, -0.1) is 0 Å². The summed E-state index contributed by atoms with van der Waals surface area (Å²) in [6.07, 6.45) is 0.717. The van der Waals surface area contributed by atoms with E-state index in [1.54, 1.807) is 43.2 Å². The highest BCUT2D eigenvalue weighted by Gasteiger charge is 2.79. The van der Waals surface area contributed by atoms with E-state index < -0.39 is 76.3 Å². The van der Waals surface area contributed by atoms with Gasteiger partial charge in [-0.25, -0.2) is 8.78 Å². The molecule has 220 valence electrons. The van der Waals surface area contributed by atoms with E-state index in [-0.39, 0.29) is 24.8 Å². The maximum absolute atomic E-state index is 17.6. The number of benzene rings is 1. The van der Waals surface area contributed by atoms with Gasteiger partial charge in [0.15, 0.2) is 23.7 Å². The zero-order chi connectivity index (χ0) is 29.5. The quantitative estimate of drug-likeness (QED) is 0.489. The molecule has 10 heteroatoms. The number of carbonyl (C=O) groups excluding carboxylic acids is 3. The van der Waals surface area contributed by atoms with Gasteiger partial charge in [0.2, 0.25) is 5.78 Å². The van der Waals surface area contributed by atoms with Gasteiger partial charge in [0, 0.05) is 34.1 Å². The molecule has 0 bridgehead atoms. The van der Waals surface area contributed by atoms with Gasteiger partial charge >= 0.3 is 5.97 Å². The summed E-state index contributed by atoms with van der Waals surface area (Å²) in [6.45, 7) is 4.75. The van der Waals surface area contributed by atoms with Crippen LogP contribution in [0.25, 0.3) is 0 Å². The van der Waals surface area contributed by atoms with Crippen molar-refractivity contribution in [2.24, 2.45) is 28.6 Å². The number of halogens is 3. The van der Waals surface area contributed by atoms with Gasteiger partial charge in [-0.1, -0.05) is 31.5 Å². The van der Waals surface area contributed by atoms with Gasteiger partial charge < -0.3 is 9.84 Å². The number of hydrogen-bond acceptors (Lipinski definition) is 7. The average molecular weight is 590 g/mol. The lowest BCUT2D eigenvalue weighted by Gasteiger charge is -2.63. The Morgan fingerprint density at radius 2 is 1.90 bits per heavy atom. The topological polar surface area (TPSA) is 93.1 Å². The molecule has 7 nitrogen and oxygen atoms in total. The van der Waals surface area contributed by atoms with E-state index in [1.165, 1.54) is 12.2 Å². The van der Waals surface area contributed by atoms with Crippen LogP contribution in [-0.2, 0) is 24.0 Å². The van der Waals surface area contributed by atoms with Gasteiger partial charge in [0.25, 0.3) is 0 Å². The Labute approximate surface area is 242 Å². The number of nitrogens with zero attached hydrogens (tertiary/aromatic N) is 1. The fourth-order valence-electron chi connectivity index (χ4n) is 8.86. The van der Waals surface area contributed by atoms with Crippen LogP contribution in [0.1, 0.15) is 46.5 Å². The molecule has 6 rings (SSSR count). The Kier molecular flexibility index (Phi) is 6.56. The van der Waals surface area contributed by atoms with Crippen LogP contribution in [-0.4, -0.2) is 59.3 Å². The highest BCUT2D eigenvalue weighted by molar-refractivity contribution is 6.30. The molecule has 41 heavy (non-hydrogen) atoms. The highest BCUT2D eigenvalue weighted by atomic mass is 35.5. The van der Waals surface area contributed by atoms with Crippen molar-refractivity contribution in [3.63, 3.8) is 0 Å². The van der Waals surface area contributed by atoms with E-state index in [4.69, 9.17) is 21.2 Å². The Morgan fingerprint density at radius 3 is 2.59 bits per heavy atom. The summed E-state index contributed by atoms with van der Waals surface area (Å²) >= 11 is 6.08. The molecule has 5 aliphatic rings. The number of hydroxylamine groups is 1. The Hall–Kier alpha value is -2.62. The molecule has 1 aromatic rings. The van der Waals surface area contributed by atoms with Crippen LogP contribution in [0.4, 0.5) is 14.5 Å². The molecule has 0 spiro atoms. The zero-order valence-corrected chi connectivity index (χ0v) is 24.0. The van der Waals surface area contributed by atoms with E-state index in [1.807, 2.05) is 6.92 Å². The number of Topliss-reactive ketones (excluding diaryl/α,β-unsaturated/α-hetero) is 1. The van der Waals surface area contributed by atoms with E-state index in [9.17, 15) is 19.5 Å². The van der Waals surface area contributed by atoms with E-state index in [0.29, 0.717) is 23.7 Å². The minimum absolute atomic E-state index is 0.0482. The number of alkyl halides is 2. The fourth-order valence-corrected chi connectivity index (χ4v) is 8.99. The highest BCUT2D eigenvalue weighted by Crippen LogP contribution is 2.72. The van der Waals surface area contributed by atoms with Crippen LogP contribution in [0.15, 0.2) is 48.1 Å². The maximum Gasteiger partial charge on any atom is 0.305 e. The number of esters is 1. The lowest BCUT2D eigenvalue weighted by Crippen LogP contribution is -2.70. The van der Waals surface area contributed by atoms with Crippen LogP contribution < -0.4 is 5.06 Å². The molecule has 9 unspecified atom stereocenters. The minimum atomic E-state index is -2.27. The van der Waals surface area contributed by atoms with Gasteiger partial charge in [0.05, 0.1) is 18.3 Å². The summed E-state index contributed by atoms with van der Waals surface area (Å²) in [6, 6.07) is 6.94. The number of carbonyl (C=O) groups is 3. The summed E-state index contributed by atoms with van der Waals surface area (Å²) in [7, 11) is 0. The Bertz CT molecular complexity index is 1370. The van der Waals surface area contributed by atoms with Crippen molar-refractivity contribution >= 4 is 34.8 Å². The van der Waals surface area contributed by atoms with Crippen molar-refractivity contribution in [2.45, 2.75) is 70.0 Å². The SMILES string of the molecule is CCC(=O)OCC(=O)C12ON(c3ccc(Cl)cc3)CC1CC1C3CC(F)C4=CC(=O)C=CC4(C)C3(F)C(O)CC12C. The number of aliphatic hydroxyl groups is 1. The second-order valence-electron chi connectivity index (χ2n) is 12.6. The van der Waals surface area contributed by atoms with E-state index in [0.717, 1.165) is 6.08 Å². The summed E-state index contributed by atoms with van der Waals surface area (Å²) in [5.74, 6) is -3.33. The number of ether oxygens (including phenoxy) is 1. The fraction of sp³-hybridized carbons (Fsp3) is 0.581. The number of rotatable bonds is 5. The molecule has 1 heterocycles. The third kappa shape index (κ3) is 3.70. The van der Waals surface area contributed by atoms with Gasteiger partial charge in [-0.3, -0.25) is 24.3 Å². The summed E-state index contributed by atoms with van der Waals surface area (Å²) in [5.41, 5.74) is -5.73. The third-order valence-corrected chi connectivity index (χ3v) is 11.1. The third-order valence-electron chi connectivity index (χ3n) is 10.8. The number of aliphatic hydroxyl groups excluding tert-OH is 1. The molecule has 4 fully saturated rings. The maximum atomic E-state index is 17.6. The number of hydrogen-bond donors (Lipinski definition) is 1. The summed E-state index contributed by atoms with van der Waals surface area (Å²) in [4.78, 5) is 44.8. The lowest BCUT2D eigenvalue weighted by molar-refractivity contribution is -0.228. The summed E-state index contributed by atoms with van der Waals surface area (Å²) < 4.78 is 38.7. The predicted molar refractivity (Wildman–Crippen MR) is 146 cm³/mol. The van der Waals surface area contributed by atoms with Gasteiger partial charge in [-0.2, -0.15) is 0 Å². The second kappa shape index (κ2) is 9.44. The number of ketones is 2. The van der Waals surface area contributed by atoms with E-state index >= 15 is 8.78 Å². The van der Waals surface area contributed by atoms with Crippen LogP contribution in [0.5, 0.6) is 0 Å². The molecule has 1 aliphatic heterocycles. The molecule has 0 aromatic heterocycles. The molecule has 0 radical (unpaired) electrons. The van der Waals surface area contributed by atoms with Crippen LogP contribution in [0, 0.1) is 28.6 Å². The monoisotopic (exact) mass is 589 g/mol. The van der Waals surface area contributed by atoms with Crippen LogP contribution in [0.3, 0.4) is 0 Å². The van der Waals surface area contributed by atoms with Crippen molar-refractivity contribution < 1.29 is 37.8 Å². The van der Waals surface area contributed by atoms with Crippen molar-refractivity contribution in [3.8, 4) is 0 Å². The molecule has 1 saturated heterocycles. The molecule has 1 N–H and O–H groups in total. The van der Waals surface area contributed by atoms with Gasteiger partial charge in [-0.05, 0) is 74.1 Å².